The van der Waals surface area contributed by atoms with Crippen molar-refractivity contribution in [3.8, 4) is 11.5 Å². The molecule has 0 spiro atoms. The van der Waals surface area contributed by atoms with Crippen LogP contribution in [0.15, 0.2) is 41.3 Å². The summed E-state index contributed by atoms with van der Waals surface area (Å²) in [4.78, 5) is 27.5. The Hall–Kier alpha value is -2.91. The fourth-order valence-corrected chi connectivity index (χ4v) is 4.71. The Kier molecular flexibility index (Phi) is 9.50. The topological polar surface area (TPSA) is 119 Å². The molecule has 1 unspecified atom stereocenters. The average molecular weight is 517 g/mol. The summed E-state index contributed by atoms with van der Waals surface area (Å²) < 4.78 is 23.0. The number of ether oxygens (including phenoxy) is 2. The van der Waals surface area contributed by atoms with E-state index in [9.17, 15) is 18.9 Å². The third-order valence-corrected chi connectivity index (χ3v) is 6.65. The minimum absolute atomic E-state index is 0.0278. The number of para-hydroxylation sites is 1. The van der Waals surface area contributed by atoms with Crippen molar-refractivity contribution < 1.29 is 28.4 Å². The fourth-order valence-electron chi connectivity index (χ4n) is 4.09. The van der Waals surface area contributed by atoms with Crippen LogP contribution in [0.4, 0.5) is 4.79 Å². The summed E-state index contributed by atoms with van der Waals surface area (Å²) in [6, 6.07) is 10.5. The quantitative estimate of drug-likeness (QED) is 0.335. The first kappa shape index (κ1) is 27.7. The number of fused-ring (bicyclic) bond motifs is 1. The van der Waals surface area contributed by atoms with Crippen molar-refractivity contribution in [2.24, 2.45) is 5.14 Å². The molecule has 0 radical (unpaired) electrons. The molecule has 0 aromatic heterocycles. The average Bonchev–Trinajstić information content (AvgIpc) is 3.28. The minimum atomic E-state index is -1.72. The van der Waals surface area contributed by atoms with E-state index in [0.717, 1.165) is 17.5 Å². The predicted octanol–water partition coefficient (Wildman–Crippen LogP) is 4.53. The highest BCUT2D eigenvalue weighted by Gasteiger charge is 2.23. The van der Waals surface area contributed by atoms with E-state index in [4.69, 9.17) is 14.6 Å². The standard InChI is InChI=1S/C27H36N2O6S/c1-27(2,3)35-26(32)29(15-12-19-9-6-7-11-22(19)30)14-8-4-5-10-23(31)21-17-20-13-16-34-25(20)24(18-21)36(28)33/h6-7,9,11,17-18,30H,4-5,8,10,12-16,28H2,1-3H3. The molecule has 0 saturated carbocycles. The Morgan fingerprint density at radius 2 is 1.89 bits per heavy atom. The van der Waals surface area contributed by atoms with Gasteiger partial charge in [0, 0.05) is 31.5 Å². The van der Waals surface area contributed by atoms with E-state index >= 15 is 0 Å². The lowest BCUT2D eigenvalue weighted by molar-refractivity contribution is 0.0248. The zero-order valence-corrected chi connectivity index (χ0v) is 22.1. The SMILES string of the molecule is CC(C)(C)OC(=O)N(CCCCCC(=O)c1cc2c(c(S(N)=O)c1)OCC2)CCc1ccccc1O. The number of nitrogens with zero attached hydrogens (tertiary/aromatic N) is 1. The number of unbranched alkanes of at least 4 members (excludes halogenated alkanes) is 2. The predicted molar refractivity (Wildman–Crippen MR) is 139 cm³/mol. The number of hydrogen-bond acceptors (Lipinski definition) is 6. The van der Waals surface area contributed by atoms with Gasteiger partial charge in [-0.05, 0) is 69.4 Å². The van der Waals surface area contributed by atoms with Gasteiger partial charge in [0.05, 0.1) is 11.5 Å². The molecular formula is C27H36N2O6S. The molecule has 0 bridgehead atoms. The summed E-state index contributed by atoms with van der Waals surface area (Å²) in [5.74, 6) is 0.721. The number of aromatic hydroxyl groups is 1. The highest BCUT2D eigenvalue weighted by atomic mass is 32.2. The lowest BCUT2D eigenvalue weighted by Gasteiger charge is -2.27. The number of carbonyl (C=O) groups is 2. The van der Waals surface area contributed by atoms with Crippen molar-refractivity contribution in [1.29, 1.82) is 0 Å². The van der Waals surface area contributed by atoms with E-state index in [1.807, 2.05) is 39.0 Å². The molecule has 0 fully saturated rings. The van der Waals surface area contributed by atoms with Crippen molar-refractivity contribution in [2.45, 2.75) is 69.8 Å². The van der Waals surface area contributed by atoms with Gasteiger partial charge in [0.1, 0.15) is 28.1 Å². The van der Waals surface area contributed by atoms with E-state index in [-0.39, 0.29) is 11.5 Å². The molecule has 2 aromatic carbocycles. The Balaban J connectivity index is 1.53. The van der Waals surface area contributed by atoms with Crippen LogP contribution in [0.2, 0.25) is 0 Å². The van der Waals surface area contributed by atoms with Gasteiger partial charge in [-0.15, -0.1) is 0 Å². The van der Waals surface area contributed by atoms with Crippen LogP contribution in [0.3, 0.4) is 0 Å². The summed E-state index contributed by atoms with van der Waals surface area (Å²) in [7, 11) is -1.72. The number of amides is 1. The van der Waals surface area contributed by atoms with Gasteiger partial charge < -0.3 is 19.5 Å². The van der Waals surface area contributed by atoms with E-state index in [1.54, 1.807) is 23.1 Å². The molecule has 8 nitrogen and oxygen atoms in total. The van der Waals surface area contributed by atoms with Crippen LogP contribution in [0.25, 0.3) is 0 Å². The van der Waals surface area contributed by atoms with Gasteiger partial charge in [0.25, 0.3) is 0 Å². The number of phenolic OH excluding ortho intramolecular Hbond substituents is 1. The Bertz CT molecular complexity index is 1110. The third-order valence-electron chi connectivity index (χ3n) is 5.91. The number of rotatable bonds is 11. The van der Waals surface area contributed by atoms with Gasteiger partial charge >= 0.3 is 6.09 Å². The number of nitrogens with two attached hydrogens (primary N) is 1. The third kappa shape index (κ3) is 7.80. The second-order valence-electron chi connectivity index (χ2n) is 9.94. The van der Waals surface area contributed by atoms with E-state index in [1.165, 1.54) is 0 Å². The summed E-state index contributed by atoms with van der Waals surface area (Å²) in [5.41, 5.74) is 1.54. The number of benzene rings is 2. The molecule has 3 rings (SSSR count). The second-order valence-corrected chi connectivity index (χ2v) is 11.0. The molecule has 3 N–H and O–H groups in total. The highest BCUT2D eigenvalue weighted by Crippen LogP contribution is 2.33. The molecular weight excluding hydrogens is 480 g/mol. The smallest absolute Gasteiger partial charge is 0.410 e. The maximum absolute atomic E-state index is 12.8. The van der Waals surface area contributed by atoms with Crippen LogP contribution in [-0.2, 0) is 28.6 Å². The Morgan fingerprint density at radius 3 is 2.58 bits per heavy atom. The maximum atomic E-state index is 12.8. The van der Waals surface area contributed by atoms with Crippen molar-refractivity contribution in [1.82, 2.24) is 4.90 Å². The van der Waals surface area contributed by atoms with Crippen molar-refractivity contribution in [2.75, 3.05) is 19.7 Å². The van der Waals surface area contributed by atoms with E-state index in [2.05, 4.69) is 0 Å². The van der Waals surface area contributed by atoms with Gasteiger partial charge in [-0.25, -0.2) is 14.1 Å². The normalized spacial score (nSPS) is 13.6. The van der Waals surface area contributed by atoms with Crippen molar-refractivity contribution in [3.63, 3.8) is 0 Å². The molecule has 2 aromatic rings. The summed E-state index contributed by atoms with van der Waals surface area (Å²) in [6.45, 7) is 6.89. The molecule has 196 valence electrons. The van der Waals surface area contributed by atoms with E-state index < -0.39 is 22.7 Å². The number of ketones is 1. The zero-order chi connectivity index (χ0) is 26.3. The first-order valence-electron chi connectivity index (χ1n) is 12.3. The van der Waals surface area contributed by atoms with Crippen LogP contribution < -0.4 is 9.88 Å². The summed E-state index contributed by atoms with van der Waals surface area (Å²) in [6.07, 6.45) is 3.26. The van der Waals surface area contributed by atoms with Crippen molar-refractivity contribution in [3.05, 3.63) is 53.1 Å². The number of carbonyl (C=O) groups excluding carboxylic acids is 2. The van der Waals surface area contributed by atoms with Crippen LogP contribution >= 0.6 is 0 Å². The first-order chi connectivity index (χ1) is 17.0. The molecule has 1 atom stereocenters. The summed E-state index contributed by atoms with van der Waals surface area (Å²) >= 11 is 0. The van der Waals surface area contributed by atoms with Gasteiger partial charge in [0.2, 0.25) is 0 Å². The van der Waals surface area contributed by atoms with Crippen LogP contribution in [0, 0.1) is 0 Å². The molecule has 1 heterocycles. The van der Waals surface area contributed by atoms with Crippen LogP contribution in [0.1, 0.15) is 67.9 Å². The Morgan fingerprint density at radius 1 is 1.14 bits per heavy atom. The molecule has 1 aliphatic heterocycles. The monoisotopic (exact) mass is 516 g/mol. The van der Waals surface area contributed by atoms with Gasteiger partial charge in [-0.1, -0.05) is 24.6 Å². The molecule has 1 aliphatic rings. The molecule has 36 heavy (non-hydrogen) atoms. The second kappa shape index (κ2) is 12.4. The largest absolute Gasteiger partial charge is 0.508 e. The molecule has 9 heteroatoms. The zero-order valence-electron chi connectivity index (χ0n) is 21.2. The number of phenols is 1. The lowest BCUT2D eigenvalue weighted by Crippen LogP contribution is -2.38. The molecule has 0 aliphatic carbocycles. The highest BCUT2D eigenvalue weighted by molar-refractivity contribution is 7.82. The number of Topliss-reactive ketones (excluding diaryl/α,β-unsaturated/α-hetero) is 1. The molecule has 1 amide bonds. The van der Waals surface area contributed by atoms with Crippen molar-refractivity contribution >= 4 is 22.9 Å². The van der Waals surface area contributed by atoms with Crippen LogP contribution in [0.5, 0.6) is 11.5 Å². The Labute approximate surface area is 215 Å². The van der Waals surface area contributed by atoms with Crippen LogP contribution in [-0.4, -0.2) is 51.4 Å². The number of hydrogen-bond donors (Lipinski definition) is 2. The van der Waals surface area contributed by atoms with Gasteiger partial charge in [-0.2, -0.15) is 0 Å². The lowest BCUT2D eigenvalue weighted by atomic mass is 10.0. The summed E-state index contributed by atoms with van der Waals surface area (Å²) in [5, 5.41) is 15.6. The van der Waals surface area contributed by atoms with Gasteiger partial charge in [-0.3, -0.25) is 4.79 Å². The maximum Gasteiger partial charge on any atom is 0.410 e. The first-order valence-corrected chi connectivity index (χ1v) is 13.5. The molecule has 0 saturated heterocycles. The fraction of sp³-hybridized carbons (Fsp3) is 0.481. The minimum Gasteiger partial charge on any atom is -0.508 e. The van der Waals surface area contributed by atoms with Gasteiger partial charge in [0.15, 0.2) is 5.78 Å². The van der Waals surface area contributed by atoms with E-state index in [0.29, 0.717) is 68.0 Å².